The number of unbranched alkanes of at least 4 members (excludes halogenated alkanes) is 1. The van der Waals surface area contributed by atoms with E-state index >= 15 is 0 Å². The van der Waals surface area contributed by atoms with E-state index in [9.17, 15) is 0 Å². The highest BCUT2D eigenvalue weighted by molar-refractivity contribution is 5.06. The van der Waals surface area contributed by atoms with Gasteiger partial charge in [-0.3, -0.25) is 9.97 Å². The SMILES string of the molecule is C#CCCCC(NCC)c1cnc(C)cn1. The Hall–Kier alpha value is -1.40. The second-order valence-electron chi connectivity index (χ2n) is 3.79. The van der Waals surface area contributed by atoms with E-state index in [-0.39, 0.29) is 6.04 Å². The van der Waals surface area contributed by atoms with Crippen LogP contribution in [-0.2, 0) is 0 Å². The summed E-state index contributed by atoms with van der Waals surface area (Å²) in [5.41, 5.74) is 1.95. The summed E-state index contributed by atoms with van der Waals surface area (Å²) in [6.07, 6.45) is 11.7. The van der Waals surface area contributed by atoms with Crippen LogP contribution in [0.5, 0.6) is 0 Å². The van der Waals surface area contributed by atoms with E-state index in [1.165, 1.54) is 0 Å². The minimum atomic E-state index is 0.270. The van der Waals surface area contributed by atoms with Gasteiger partial charge in [-0.05, 0) is 26.3 Å². The van der Waals surface area contributed by atoms with Crippen LogP contribution in [0.1, 0.15) is 43.6 Å². The van der Waals surface area contributed by atoms with Crippen molar-refractivity contribution >= 4 is 0 Å². The maximum absolute atomic E-state index is 5.25. The molecule has 0 amide bonds. The Labute approximate surface area is 97.7 Å². The summed E-state index contributed by atoms with van der Waals surface area (Å²) < 4.78 is 0. The van der Waals surface area contributed by atoms with Crippen molar-refractivity contribution in [2.24, 2.45) is 0 Å². The molecule has 1 N–H and O–H groups in total. The molecule has 0 saturated heterocycles. The van der Waals surface area contributed by atoms with Gasteiger partial charge < -0.3 is 5.32 Å². The monoisotopic (exact) mass is 217 g/mol. The van der Waals surface area contributed by atoms with Gasteiger partial charge in [0.1, 0.15) is 0 Å². The van der Waals surface area contributed by atoms with Gasteiger partial charge in [-0.1, -0.05) is 6.92 Å². The zero-order valence-corrected chi connectivity index (χ0v) is 10.0. The van der Waals surface area contributed by atoms with Crippen molar-refractivity contribution in [1.29, 1.82) is 0 Å². The average molecular weight is 217 g/mol. The molecule has 1 atom stereocenters. The molecule has 1 unspecified atom stereocenters. The molecule has 86 valence electrons. The molecule has 3 heteroatoms. The summed E-state index contributed by atoms with van der Waals surface area (Å²) in [5, 5.41) is 3.41. The average Bonchev–Trinajstić information content (AvgIpc) is 2.29. The third kappa shape index (κ3) is 4.00. The number of nitrogens with one attached hydrogen (secondary N) is 1. The predicted octanol–water partition coefficient (Wildman–Crippen LogP) is 2.24. The first-order chi connectivity index (χ1) is 7.77. The van der Waals surface area contributed by atoms with E-state index in [0.717, 1.165) is 37.2 Å². The van der Waals surface area contributed by atoms with E-state index in [2.05, 4.69) is 28.1 Å². The molecular formula is C13H19N3. The van der Waals surface area contributed by atoms with Crippen LogP contribution in [0.2, 0.25) is 0 Å². The van der Waals surface area contributed by atoms with E-state index in [1.807, 2.05) is 13.1 Å². The van der Waals surface area contributed by atoms with E-state index in [4.69, 9.17) is 6.42 Å². The van der Waals surface area contributed by atoms with Gasteiger partial charge in [-0.15, -0.1) is 12.3 Å². The molecule has 1 rings (SSSR count). The molecule has 0 spiro atoms. The van der Waals surface area contributed by atoms with Gasteiger partial charge >= 0.3 is 0 Å². The number of hydrogen-bond donors (Lipinski definition) is 1. The van der Waals surface area contributed by atoms with Crippen LogP contribution in [0.4, 0.5) is 0 Å². The Bertz CT molecular complexity index is 337. The zero-order chi connectivity index (χ0) is 11.8. The third-order valence-corrected chi connectivity index (χ3v) is 2.42. The minimum Gasteiger partial charge on any atom is -0.309 e. The van der Waals surface area contributed by atoms with Crippen LogP contribution in [-0.4, -0.2) is 16.5 Å². The topological polar surface area (TPSA) is 37.8 Å². The van der Waals surface area contributed by atoms with Crippen LogP contribution in [0.25, 0.3) is 0 Å². The number of aromatic nitrogens is 2. The van der Waals surface area contributed by atoms with Crippen LogP contribution >= 0.6 is 0 Å². The van der Waals surface area contributed by atoms with Crippen molar-refractivity contribution in [2.75, 3.05) is 6.54 Å². The summed E-state index contributed by atoms with van der Waals surface area (Å²) in [5.74, 6) is 2.66. The molecule has 0 aliphatic heterocycles. The van der Waals surface area contributed by atoms with Gasteiger partial charge in [-0.2, -0.15) is 0 Å². The molecular weight excluding hydrogens is 198 g/mol. The molecule has 0 aliphatic carbocycles. The highest BCUT2D eigenvalue weighted by Crippen LogP contribution is 2.16. The molecule has 1 heterocycles. The van der Waals surface area contributed by atoms with Gasteiger partial charge in [0.2, 0.25) is 0 Å². The summed E-state index contributed by atoms with van der Waals surface area (Å²) in [7, 11) is 0. The number of hydrogen-bond acceptors (Lipinski definition) is 3. The number of nitrogens with zero attached hydrogens (tertiary/aromatic N) is 2. The number of terminal acetylenes is 1. The van der Waals surface area contributed by atoms with Gasteiger partial charge in [-0.25, -0.2) is 0 Å². The molecule has 3 nitrogen and oxygen atoms in total. The Morgan fingerprint density at radius 2 is 2.25 bits per heavy atom. The first kappa shape index (κ1) is 12.7. The second-order valence-corrected chi connectivity index (χ2v) is 3.79. The van der Waals surface area contributed by atoms with Gasteiger partial charge in [0.15, 0.2) is 0 Å². The summed E-state index contributed by atoms with van der Waals surface area (Å²) in [4.78, 5) is 8.67. The van der Waals surface area contributed by atoms with Gasteiger partial charge in [0.05, 0.1) is 23.6 Å². The first-order valence-electron chi connectivity index (χ1n) is 5.73. The van der Waals surface area contributed by atoms with Crippen molar-refractivity contribution in [3.8, 4) is 12.3 Å². The summed E-state index contributed by atoms with van der Waals surface area (Å²) in [6, 6.07) is 0.270. The lowest BCUT2D eigenvalue weighted by molar-refractivity contribution is 0.489. The zero-order valence-electron chi connectivity index (χ0n) is 10.0. The predicted molar refractivity (Wildman–Crippen MR) is 65.9 cm³/mol. The smallest absolute Gasteiger partial charge is 0.0756 e. The molecule has 0 saturated carbocycles. The fraction of sp³-hybridized carbons (Fsp3) is 0.538. The Morgan fingerprint density at radius 1 is 1.44 bits per heavy atom. The molecule has 1 aromatic heterocycles. The van der Waals surface area contributed by atoms with E-state index < -0.39 is 0 Å². The Morgan fingerprint density at radius 3 is 2.81 bits per heavy atom. The summed E-state index contributed by atoms with van der Waals surface area (Å²) in [6.45, 7) is 4.96. The summed E-state index contributed by atoms with van der Waals surface area (Å²) >= 11 is 0. The van der Waals surface area contributed by atoms with Crippen molar-refractivity contribution in [3.05, 3.63) is 23.8 Å². The largest absolute Gasteiger partial charge is 0.309 e. The molecule has 1 aromatic rings. The molecule has 0 aromatic carbocycles. The van der Waals surface area contributed by atoms with Crippen LogP contribution in [0.3, 0.4) is 0 Å². The van der Waals surface area contributed by atoms with Gasteiger partial charge in [0, 0.05) is 12.6 Å². The molecule has 0 bridgehead atoms. The van der Waals surface area contributed by atoms with Crippen molar-refractivity contribution in [3.63, 3.8) is 0 Å². The van der Waals surface area contributed by atoms with Crippen molar-refractivity contribution < 1.29 is 0 Å². The van der Waals surface area contributed by atoms with Crippen LogP contribution in [0.15, 0.2) is 12.4 Å². The van der Waals surface area contributed by atoms with Crippen molar-refractivity contribution in [1.82, 2.24) is 15.3 Å². The normalized spacial score (nSPS) is 12.1. The lowest BCUT2D eigenvalue weighted by atomic mass is 10.1. The minimum absolute atomic E-state index is 0.270. The second kappa shape index (κ2) is 6.97. The standard InChI is InChI=1S/C13H19N3/c1-4-6-7-8-12(14-5-2)13-10-15-11(3)9-16-13/h1,9-10,12,14H,5-8H2,2-3H3. The molecule has 0 fully saturated rings. The first-order valence-corrected chi connectivity index (χ1v) is 5.73. The molecule has 0 radical (unpaired) electrons. The third-order valence-electron chi connectivity index (χ3n) is 2.42. The fourth-order valence-corrected chi connectivity index (χ4v) is 1.59. The van der Waals surface area contributed by atoms with Crippen LogP contribution < -0.4 is 5.32 Å². The van der Waals surface area contributed by atoms with Crippen LogP contribution in [0, 0.1) is 19.3 Å². The Kier molecular flexibility index (Phi) is 5.52. The molecule has 16 heavy (non-hydrogen) atoms. The van der Waals surface area contributed by atoms with E-state index in [1.54, 1.807) is 6.20 Å². The lowest BCUT2D eigenvalue weighted by Gasteiger charge is -2.16. The number of aryl methyl sites for hydroxylation is 1. The van der Waals surface area contributed by atoms with E-state index in [0.29, 0.717) is 0 Å². The Balaban J connectivity index is 2.62. The maximum atomic E-state index is 5.25. The quantitative estimate of drug-likeness (QED) is 0.586. The lowest BCUT2D eigenvalue weighted by Crippen LogP contribution is -2.22. The van der Waals surface area contributed by atoms with Crippen molar-refractivity contribution in [2.45, 2.75) is 39.2 Å². The number of rotatable bonds is 6. The maximum Gasteiger partial charge on any atom is 0.0756 e. The highest BCUT2D eigenvalue weighted by Gasteiger charge is 2.11. The van der Waals surface area contributed by atoms with Gasteiger partial charge in [0.25, 0.3) is 0 Å². The molecule has 0 aliphatic rings. The highest BCUT2D eigenvalue weighted by atomic mass is 14.9. The fourth-order valence-electron chi connectivity index (χ4n) is 1.59.